The Kier molecular flexibility index (Phi) is 7.55. The molecular formula is C32H33N5O4S. The van der Waals surface area contributed by atoms with Gasteiger partial charge in [0.15, 0.2) is 5.11 Å². The normalized spacial score (nSPS) is 18.7. The van der Waals surface area contributed by atoms with Crippen LogP contribution in [0.4, 0.5) is 11.4 Å². The quantitative estimate of drug-likeness (QED) is 0.136. The molecule has 0 bridgehead atoms. The van der Waals surface area contributed by atoms with Crippen molar-refractivity contribution in [3.63, 3.8) is 0 Å². The summed E-state index contributed by atoms with van der Waals surface area (Å²) in [5.74, 6) is 1.29. The van der Waals surface area contributed by atoms with E-state index in [0.717, 1.165) is 52.6 Å². The Morgan fingerprint density at radius 2 is 1.81 bits per heavy atom. The monoisotopic (exact) mass is 583 g/mol. The lowest BCUT2D eigenvalue weighted by Gasteiger charge is -2.28. The first kappa shape index (κ1) is 27.7. The van der Waals surface area contributed by atoms with E-state index in [4.69, 9.17) is 21.7 Å². The minimum absolute atomic E-state index is 0.0228. The zero-order valence-electron chi connectivity index (χ0n) is 23.8. The van der Waals surface area contributed by atoms with E-state index in [2.05, 4.69) is 44.9 Å². The first-order valence-corrected chi connectivity index (χ1v) is 14.6. The van der Waals surface area contributed by atoms with Crippen LogP contribution in [0.3, 0.4) is 0 Å². The summed E-state index contributed by atoms with van der Waals surface area (Å²) in [5.41, 5.74) is 5.54. The molecule has 1 aliphatic heterocycles. The summed E-state index contributed by atoms with van der Waals surface area (Å²) in [5, 5.41) is 15.6. The molecule has 0 spiro atoms. The fourth-order valence-corrected chi connectivity index (χ4v) is 6.60. The summed E-state index contributed by atoms with van der Waals surface area (Å²) >= 11 is 5.95. The molecule has 2 fully saturated rings. The average Bonchev–Trinajstić information content (AvgIpc) is 3.71. The maximum Gasteiger partial charge on any atom is 0.273 e. The number of hydrogen-bond acceptors (Lipinski definition) is 6. The average molecular weight is 584 g/mol. The Labute approximate surface area is 250 Å². The van der Waals surface area contributed by atoms with Crippen molar-refractivity contribution in [2.45, 2.75) is 57.7 Å². The van der Waals surface area contributed by atoms with Gasteiger partial charge in [-0.1, -0.05) is 6.07 Å². The van der Waals surface area contributed by atoms with Gasteiger partial charge in [-0.2, -0.15) is 0 Å². The highest BCUT2D eigenvalue weighted by atomic mass is 32.1. The van der Waals surface area contributed by atoms with Crippen LogP contribution in [-0.2, 0) is 0 Å². The summed E-state index contributed by atoms with van der Waals surface area (Å²) in [6.45, 7) is 4.07. The van der Waals surface area contributed by atoms with Crippen LogP contribution in [0.5, 0.6) is 11.5 Å². The highest BCUT2D eigenvalue weighted by molar-refractivity contribution is 7.80. The number of aryl methyl sites for hydroxylation is 1. The summed E-state index contributed by atoms with van der Waals surface area (Å²) in [7, 11) is 1.52. The highest BCUT2D eigenvalue weighted by Gasteiger charge is 2.42. The Hall–Kier alpha value is -4.44. The molecule has 2 aromatic heterocycles. The van der Waals surface area contributed by atoms with Gasteiger partial charge < -0.3 is 24.3 Å². The molecule has 4 aromatic rings. The SMILES string of the molecule is COc1cc([N+](=O)[O-])ccc1-n1c(C)cc([C@@H]2[C@H](c3ccccn3)NC(=S)N2c2ccc(OC3CCCC3)cc2)c1C. The maximum absolute atomic E-state index is 11.4. The van der Waals surface area contributed by atoms with Gasteiger partial charge in [-0.15, -0.1) is 0 Å². The van der Waals surface area contributed by atoms with Gasteiger partial charge in [0.1, 0.15) is 11.5 Å². The first-order valence-electron chi connectivity index (χ1n) is 14.1. The van der Waals surface area contributed by atoms with Crippen molar-refractivity contribution in [2.24, 2.45) is 0 Å². The number of ether oxygens (including phenoxy) is 2. The van der Waals surface area contributed by atoms with Crippen molar-refractivity contribution in [1.29, 1.82) is 0 Å². The molecule has 2 atom stereocenters. The van der Waals surface area contributed by atoms with Gasteiger partial charge in [0.25, 0.3) is 5.69 Å². The topological polar surface area (TPSA) is 94.7 Å². The minimum atomic E-state index is -0.419. The standard InChI is InChI=1S/C32H33N5O4S/c1-20-18-26(21(2)35(20)28-16-13-23(37(38)39)19-29(28)40-3)31-30(27-10-6-7-17-33-27)34-32(42)36(31)22-11-14-25(15-12-22)41-24-8-4-5-9-24/h6-7,10-19,24,30-31H,4-5,8-9H2,1-3H3,(H,34,42)/t30-,31+/m0/s1. The number of nitro groups is 1. The van der Waals surface area contributed by atoms with E-state index in [-0.39, 0.29) is 23.9 Å². The molecule has 2 aliphatic rings. The molecule has 1 aliphatic carbocycles. The van der Waals surface area contributed by atoms with E-state index in [9.17, 15) is 10.1 Å². The third-order valence-corrected chi connectivity index (χ3v) is 8.54. The first-order chi connectivity index (χ1) is 20.4. The van der Waals surface area contributed by atoms with E-state index in [0.29, 0.717) is 10.9 Å². The van der Waals surface area contributed by atoms with E-state index in [1.165, 1.54) is 32.1 Å². The molecular weight excluding hydrogens is 550 g/mol. The van der Waals surface area contributed by atoms with Gasteiger partial charge in [-0.05, 0) is 106 Å². The summed E-state index contributed by atoms with van der Waals surface area (Å²) in [6.07, 6.45) is 6.72. The van der Waals surface area contributed by atoms with Crippen LogP contribution < -0.4 is 19.7 Å². The molecule has 0 unspecified atom stereocenters. The maximum atomic E-state index is 11.4. The number of hydrogen-bond donors (Lipinski definition) is 1. The molecule has 6 rings (SSSR count). The lowest BCUT2D eigenvalue weighted by atomic mass is 9.96. The van der Waals surface area contributed by atoms with Crippen LogP contribution >= 0.6 is 12.2 Å². The second kappa shape index (κ2) is 11.4. The lowest BCUT2D eigenvalue weighted by molar-refractivity contribution is -0.384. The van der Waals surface area contributed by atoms with Crippen molar-refractivity contribution >= 4 is 28.7 Å². The third-order valence-electron chi connectivity index (χ3n) is 8.22. The Balaban J connectivity index is 1.43. The van der Waals surface area contributed by atoms with Crippen LogP contribution in [0.15, 0.2) is 72.9 Å². The molecule has 0 radical (unpaired) electrons. The molecule has 10 heteroatoms. The predicted molar refractivity (Wildman–Crippen MR) is 166 cm³/mol. The van der Waals surface area contributed by atoms with Gasteiger partial charge >= 0.3 is 0 Å². The molecule has 2 aromatic carbocycles. The summed E-state index contributed by atoms with van der Waals surface area (Å²) in [4.78, 5) is 17.8. The van der Waals surface area contributed by atoms with Crippen LogP contribution in [0.1, 0.15) is 60.4 Å². The van der Waals surface area contributed by atoms with Crippen molar-refractivity contribution < 1.29 is 14.4 Å². The van der Waals surface area contributed by atoms with Gasteiger partial charge in [0.05, 0.1) is 47.7 Å². The molecule has 1 saturated heterocycles. The van der Waals surface area contributed by atoms with E-state index in [1.807, 2.05) is 37.3 Å². The number of methoxy groups -OCH3 is 1. The zero-order chi connectivity index (χ0) is 29.4. The number of non-ortho nitro benzene ring substituents is 1. The summed E-state index contributed by atoms with van der Waals surface area (Å²) < 4.78 is 13.9. The lowest BCUT2D eigenvalue weighted by Crippen LogP contribution is -2.29. The Morgan fingerprint density at radius 1 is 1.05 bits per heavy atom. The Bertz CT molecular complexity index is 1620. The van der Waals surface area contributed by atoms with Gasteiger partial charge in [0, 0.05) is 29.3 Å². The molecule has 1 saturated carbocycles. The smallest absolute Gasteiger partial charge is 0.273 e. The molecule has 9 nitrogen and oxygen atoms in total. The van der Waals surface area contributed by atoms with Crippen molar-refractivity contribution in [3.8, 4) is 17.2 Å². The number of thiocarbonyl (C=S) groups is 1. The molecule has 0 amide bonds. The largest absolute Gasteiger partial charge is 0.494 e. The van der Waals surface area contributed by atoms with Crippen LogP contribution in [0.2, 0.25) is 0 Å². The fourth-order valence-electron chi connectivity index (χ4n) is 6.26. The van der Waals surface area contributed by atoms with Gasteiger partial charge in [-0.25, -0.2) is 0 Å². The number of pyridine rings is 1. The number of nitrogens with one attached hydrogen (secondary N) is 1. The molecule has 216 valence electrons. The number of anilines is 1. The second-order valence-corrected chi connectivity index (χ2v) is 11.2. The minimum Gasteiger partial charge on any atom is -0.494 e. The molecule has 3 heterocycles. The van der Waals surface area contributed by atoms with Crippen molar-refractivity contribution in [2.75, 3.05) is 12.0 Å². The van der Waals surface area contributed by atoms with Gasteiger partial charge in [0.2, 0.25) is 0 Å². The third kappa shape index (κ3) is 5.07. The highest BCUT2D eigenvalue weighted by Crippen LogP contribution is 2.44. The fraction of sp³-hybridized carbons (Fsp3) is 0.312. The zero-order valence-corrected chi connectivity index (χ0v) is 24.6. The van der Waals surface area contributed by atoms with Crippen LogP contribution in [-0.4, -0.2) is 32.8 Å². The molecule has 1 N–H and O–H groups in total. The van der Waals surface area contributed by atoms with E-state index in [1.54, 1.807) is 12.3 Å². The summed E-state index contributed by atoms with van der Waals surface area (Å²) in [6, 6.07) is 20.5. The van der Waals surface area contributed by atoms with E-state index < -0.39 is 4.92 Å². The number of nitrogens with zero attached hydrogens (tertiary/aromatic N) is 4. The van der Waals surface area contributed by atoms with E-state index >= 15 is 0 Å². The van der Waals surface area contributed by atoms with Crippen LogP contribution in [0, 0.1) is 24.0 Å². The second-order valence-electron chi connectivity index (χ2n) is 10.8. The number of aromatic nitrogens is 2. The number of nitro benzene ring substituents is 1. The van der Waals surface area contributed by atoms with Crippen molar-refractivity contribution in [3.05, 3.63) is 106 Å². The number of rotatable bonds is 8. The van der Waals surface area contributed by atoms with Gasteiger partial charge in [-0.3, -0.25) is 15.1 Å². The van der Waals surface area contributed by atoms with Crippen LogP contribution in [0.25, 0.3) is 5.69 Å². The Morgan fingerprint density at radius 3 is 2.48 bits per heavy atom. The van der Waals surface area contributed by atoms with Crippen molar-refractivity contribution in [1.82, 2.24) is 14.9 Å². The number of benzene rings is 2. The molecule has 42 heavy (non-hydrogen) atoms. The predicted octanol–water partition coefficient (Wildman–Crippen LogP) is 6.90.